The molecule has 7 heteroatoms. The van der Waals surface area contributed by atoms with Crippen molar-refractivity contribution in [2.75, 3.05) is 18.1 Å². The molecule has 0 bridgehead atoms. The van der Waals surface area contributed by atoms with E-state index in [0.29, 0.717) is 28.2 Å². The predicted octanol–water partition coefficient (Wildman–Crippen LogP) is 2.52. The maximum atomic E-state index is 11.4. The highest BCUT2D eigenvalue weighted by molar-refractivity contribution is 7.98. The number of anilines is 1. The molecular weight excluding hydrogens is 288 g/mol. The number of nitrogens with two attached hydrogens (primary N) is 1. The zero-order valence-electron chi connectivity index (χ0n) is 11.8. The molecule has 1 heterocycles. The number of carbonyl (C=O) groups is 1. The van der Waals surface area contributed by atoms with Crippen LogP contribution in [0.15, 0.2) is 35.5 Å². The minimum atomic E-state index is -0.545. The molecule has 3 N–H and O–H groups in total. The molecule has 21 heavy (non-hydrogen) atoms. The summed E-state index contributed by atoms with van der Waals surface area (Å²) in [6, 6.07) is 8.46. The highest BCUT2D eigenvalue weighted by atomic mass is 32.2. The minimum absolute atomic E-state index is 0.312. The lowest BCUT2D eigenvalue weighted by Gasteiger charge is -2.10. The van der Waals surface area contributed by atoms with E-state index in [0.717, 1.165) is 6.54 Å². The Balaban J connectivity index is 2.35. The van der Waals surface area contributed by atoms with E-state index in [4.69, 9.17) is 10.5 Å². The zero-order chi connectivity index (χ0) is 15.2. The Bertz CT molecular complexity index is 649. The molecule has 0 unspecified atom stereocenters. The predicted molar refractivity (Wildman–Crippen MR) is 83.0 cm³/mol. The van der Waals surface area contributed by atoms with Gasteiger partial charge >= 0.3 is 0 Å². The summed E-state index contributed by atoms with van der Waals surface area (Å²) in [6.07, 6.45) is 1.88. The summed E-state index contributed by atoms with van der Waals surface area (Å²) < 4.78 is 5.70. The molecule has 2 aromatic rings. The standard InChI is InChI=1S/C14H16N4O2S/c1-3-16-11-8-12(18-14(17-11)21-2)20-10-7-5-4-6-9(10)13(15)19/h4-8H,3H2,1-2H3,(H2,15,19)(H,16,17,18). The number of aromatic nitrogens is 2. The summed E-state index contributed by atoms with van der Waals surface area (Å²) in [6.45, 7) is 2.71. The number of amides is 1. The van der Waals surface area contributed by atoms with E-state index in [1.165, 1.54) is 11.8 Å². The Morgan fingerprint density at radius 3 is 2.81 bits per heavy atom. The van der Waals surface area contributed by atoms with E-state index in [2.05, 4.69) is 15.3 Å². The molecule has 6 nitrogen and oxygen atoms in total. The molecule has 0 atom stereocenters. The van der Waals surface area contributed by atoms with Crippen molar-refractivity contribution in [3.8, 4) is 11.6 Å². The van der Waals surface area contributed by atoms with Gasteiger partial charge in [0.2, 0.25) is 5.88 Å². The van der Waals surface area contributed by atoms with Crippen LogP contribution < -0.4 is 15.8 Å². The van der Waals surface area contributed by atoms with Crippen LogP contribution in [-0.4, -0.2) is 28.7 Å². The van der Waals surface area contributed by atoms with Gasteiger partial charge in [-0.3, -0.25) is 4.79 Å². The van der Waals surface area contributed by atoms with Crippen molar-refractivity contribution in [2.45, 2.75) is 12.1 Å². The van der Waals surface area contributed by atoms with Gasteiger partial charge in [0, 0.05) is 12.6 Å². The molecule has 2 rings (SSSR count). The molecule has 0 aliphatic carbocycles. The van der Waals surface area contributed by atoms with Gasteiger partial charge in [0.15, 0.2) is 5.16 Å². The fourth-order valence-corrected chi connectivity index (χ4v) is 2.06. The summed E-state index contributed by atoms with van der Waals surface area (Å²) in [5.74, 6) is 0.859. The SMILES string of the molecule is CCNc1cc(Oc2ccccc2C(N)=O)nc(SC)n1. The summed E-state index contributed by atoms with van der Waals surface area (Å²) in [5, 5.41) is 3.69. The van der Waals surface area contributed by atoms with Crippen LogP contribution in [0, 0.1) is 0 Å². The third-order valence-electron chi connectivity index (χ3n) is 2.59. The molecule has 110 valence electrons. The van der Waals surface area contributed by atoms with Crippen molar-refractivity contribution in [1.82, 2.24) is 9.97 Å². The van der Waals surface area contributed by atoms with Crippen LogP contribution in [0.3, 0.4) is 0 Å². The van der Waals surface area contributed by atoms with E-state index < -0.39 is 5.91 Å². The Labute approximate surface area is 127 Å². The maximum Gasteiger partial charge on any atom is 0.252 e. The molecule has 0 aliphatic rings. The van der Waals surface area contributed by atoms with Gasteiger partial charge in [-0.05, 0) is 25.3 Å². The van der Waals surface area contributed by atoms with Crippen molar-refractivity contribution in [3.63, 3.8) is 0 Å². The van der Waals surface area contributed by atoms with Crippen LogP contribution in [0.25, 0.3) is 0 Å². The highest BCUT2D eigenvalue weighted by Gasteiger charge is 2.11. The number of ether oxygens (including phenoxy) is 1. The fraction of sp³-hybridized carbons (Fsp3) is 0.214. The monoisotopic (exact) mass is 304 g/mol. The quantitative estimate of drug-likeness (QED) is 0.629. The molecule has 0 radical (unpaired) electrons. The number of para-hydroxylation sites is 1. The first-order valence-corrected chi connectivity index (χ1v) is 7.60. The van der Waals surface area contributed by atoms with Gasteiger partial charge in [0.05, 0.1) is 5.56 Å². The number of thioether (sulfide) groups is 1. The van der Waals surface area contributed by atoms with Crippen LogP contribution in [0.5, 0.6) is 11.6 Å². The molecule has 1 aromatic heterocycles. The maximum absolute atomic E-state index is 11.4. The van der Waals surface area contributed by atoms with E-state index in [1.54, 1.807) is 30.3 Å². The van der Waals surface area contributed by atoms with Gasteiger partial charge in [0.25, 0.3) is 5.91 Å². The second-order valence-electron chi connectivity index (χ2n) is 4.07. The van der Waals surface area contributed by atoms with Crippen molar-refractivity contribution in [1.29, 1.82) is 0 Å². The Morgan fingerprint density at radius 1 is 1.38 bits per heavy atom. The summed E-state index contributed by atoms with van der Waals surface area (Å²) in [4.78, 5) is 20.0. The van der Waals surface area contributed by atoms with Gasteiger partial charge in [-0.2, -0.15) is 4.98 Å². The van der Waals surface area contributed by atoms with E-state index in [9.17, 15) is 4.79 Å². The van der Waals surface area contributed by atoms with E-state index in [1.807, 2.05) is 13.2 Å². The average Bonchev–Trinajstić information content (AvgIpc) is 2.47. The molecule has 1 amide bonds. The molecule has 0 saturated carbocycles. The number of nitrogens with one attached hydrogen (secondary N) is 1. The highest BCUT2D eigenvalue weighted by Crippen LogP contribution is 2.26. The van der Waals surface area contributed by atoms with Gasteiger partial charge in [-0.25, -0.2) is 4.98 Å². The summed E-state index contributed by atoms with van der Waals surface area (Å²) >= 11 is 1.41. The van der Waals surface area contributed by atoms with Gasteiger partial charge < -0.3 is 15.8 Å². The van der Waals surface area contributed by atoms with Crippen LogP contribution in [0.4, 0.5) is 5.82 Å². The third kappa shape index (κ3) is 3.85. The van der Waals surface area contributed by atoms with Gasteiger partial charge in [0.1, 0.15) is 11.6 Å². The number of nitrogens with zero attached hydrogens (tertiary/aromatic N) is 2. The Kier molecular flexibility index (Phi) is 4.99. The molecule has 1 aromatic carbocycles. The molecule has 0 saturated heterocycles. The van der Waals surface area contributed by atoms with Crippen LogP contribution in [0.2, 0.25) is 0 Å². The lowest BCUT2D eigenvalue weighted by atomic mass is 10.2. The molecular formula is C14H16N4O2S. The van der Waals surface area contributed by atoms with Crippen LogP contribution in [-0.2, 0) is 0 Å². The Hall–Kier alpha value is -2.28. The largest absolute Gasteiger partial charge is 0.438 e. The second-order valence-corrected chi connectivity index (χ2v) is 4.84. The zero-order valence-corrected chi connectivity index (χ0v) is 12.6. The van der Waals surface area contributed by atoms with Gasteiger partial charge in [-0.1, -0.05) is 23.9 Å². The van der Waals surface area contributed by atoms with Crippen molar-refractivity contribution in [3.05, 3.63) is 35.9 Å². The molecule has 0 aliphatic heterocycles. The van der Waals surface area contributed by atoms with Crippen LogP contribution >= 0.6 is 11.8 Å². The topological polar surface area (TPSA) is 90.1 Å². The van der Waals surface area contributed by atoms with Crippen molar-refractivity contribution in [2.24, 2.45) is 5.73 Å². The lowest BCUT2D eigenvalue weighted by molar-refractivity contribution is 0.0998. The van der Waals surface area contributed by atoms with Gasteiger partial charge in [-0.15, -0.1) is 0 Å². The summed E-state index contributed by atoms with van der Waals surface area (Å²) in [7, 11) is 0. The second kappa shape index (κ2) is 6.94. The summed E-state index contributed by atoms with van der Waals surface area (Å²) in [5.41, 5.74) is 5.65. The number of hydrogen-bond donors (Lipinski definition) is 2. The smallest absolute Gasteiger partial charge is 0.252 e. The molecule has 0 fully saturated rings. The first kappa shape index (κ1) is 15.1. The number of hydrogen-bond acceptors (Lipinski definition) is 6. The number of carbonyl (C=O) groups excluding carboxylic acids is 1. The van der Waals surface area contributed by atoms with E-state index >= 15 is 0 Å². The average molecular weight is 304 g/mol. The number of benzene rings is 1. The molecule has 0 spiro atoms. The fourth-order valence-electron chi connectivity index (χ4n) is 1.69. The Morgan fingerprint density at radius 2 is 2.14 bits per heavy atom. The van der Waals surface area contributed by atoms with E-state index in [-0.39, 0.29) is 0 Å². The normalized spacial score (nSPS) is 10.2. The third-order valence-corrected chi connectivity index (χ3v) is 3.14. The van der Waals surface area contributed by atoms with Crippen molar-refractivity contribution < 1.29 is 9.53 Å². The first-order valence-electron chi connectivity index (χ1n) is 6.37. The number of primary amides is 1. The van der Waals surface area contributed by atoms with Crippen LogP contribution in [0.1, 0.15) is 17.3 Å². The van der Waals surface area contributed by atoms with Crippen molar-refractivity contribution >= 4 is 23.5 Å². The number of rotatable bonds is 6. The minimum Gasteiger partial charge on any atom is -0.438 e. The first-order chi connectivity index (χ1) is 10.1. The lowest BCUT2D eigenvalue weighted by Crippen LogP contribution is -2.12.